The van der Waals surface area contributed by atoms with E-state index in [1.165, 1.54) is 0 Å². The molecule has 112 valence electrons. The second-order valence-electron chi connectivity index (χ2n) is 4.59. The van der Waals surface area contributed by atoms with Crippen LogP contribution in [0.25, 0.3) is 11.0 Å². The molecule has 0 fully saturated rings. The highest BCUT2D eigenvalue weighted by atomic mass is 16.5. The summed E-state index contributed by atoms with van der Waals surface area (Å²) in [5.74, 6) is 0. The molecule has 0 aliphatic rings. The highest BCUT2D eigenvalue weighted by Gasteiger charge is 2.09. The molecule has 0 aliphatic heterocycles. The number of hydrogen-bond donors (Lipinski definition) is 2. The smallest absolute Gasteiger partial charge is 0.155 e. The molecule has 2 rings (SSSR count). The zero-order chi connectivity index (χ0) is 15.1. The van der Waals surface area contributed by atoms with Gasteiger partial charge in [-0.3, -0.25) is 11.1 Å². The minimum Gasteiger partial charge on any atom is -0.377 e. The van der Waals surface area contributed by atoms with Crippen molar-refractivity contribution in [1.82, 2.24) is 20.3 Å². The molecule has 1 heterocycles. The van der Waals surface area contributed by atoms with Crippen LogP contribution in [0.2, 0.25) is 0 Å². The first-order valence-electron chi connectivity index (χ1n) is 6.85. The van der Waals surface area contributed by atoms with E-state index in [0.29, 0.717) is 6.54 Å². The predicted molar refractivity (Wildman–Crippen MR) is 83.5 cm³/mol. The molecule has 0 radical (unpaired) electrons. The van der Waals surface area contributed by atoms with Crippen molar-refractivity contribution < 1.29 is 4.74 Å². The molecule has 0 aliphatic carbocycles. The summed E-state index contributed by atoms with van der Waals surface area (Å²) in [7, 11) is 1.67. The first kappa shape index (κ1) is 15.4. The van der Waals surface area contributed by atoms with Gasteiger partial charge in [0.2, 0.25) is 0 Å². The number of methoxy groups -OCH3 is 1. The van der Waals surface area contributed by atoms with Crippen LogP contribution in [-0.4, -0.2) is 34.8 Å². The van der Waals surface area contributed by atoms with Gasteiger partial charge in [0.05, 0.1) is 11.6 Å². The SMILES string of the molecule is C=CC(C/C=C/CNC(N)n1nnc2ccccc21)OC. The highest BCUT2D eigenvalue weighted by molar-refractivity contribution is 5.73. The molecular weight excluding hydrogens is 266 g/mol. The van der Waals surface area contributed by atoms with Crippen LogP contribution < -0.4 is 11.1 Å². The van der Waals surface area contributed by atoms with Gasteiger partial charge in [0.25, 0.3) is 0 Å². The standard InChI is InChI=1S/C15H21N5O/c1-3-12(21-2)8-6-7-11-17-15(16)20-14-10-5-4-9-13(14)18-19-20/h3-7,9-10,12,15,17H,1,8,11,16H2,2H3/b7-6+. The summed E-state index contributed by atoms with van der Waals surface area (Å²) in [6, 6.07) is 7.72. The van der Waals surface area contributed by atoms with E-state index < -0.39 is 6.29 Å². The molecule has 0 saturated carbocycles. The average Bonchev–Trinajstić information content (AvgIpc) is 2.95. The van der Waals surface area contributed by atoms with Gasteiger partial charge >= 0.3 is 0 Å². The lowest BCUT2D eigenvalue weighted by Crippen LogP contribution is -2.34. The van der Waals surface area contributed by atoms with E-state index in [-0.39, 0.29) is 6.10 Å². The monoisotopic (exact) mass is 287 g/mol. The Balaban J connectivity index is 1.86. The zero-order valence-corrected chi connectivity index (χ0v) is 12.1. The molecule has 2 atom stereocenters. The number of nitrogens with zero attached hydrogens (tertiary/aromatic N) is 3. The molecule has 21 heavy (non-hydrogen) atoms. The highest BCUT2D eigenvalue weighted by Crippen LogP contribution is 2.11. The number of benzene rings is 1. The Morgan fingerprint density at radius 2 is 2.24 bits per heavy atom. The van der Waals surface area contributed by atoms with Crippen LogP contribution in [0.3, 0.4) is 0 Å². The number of ether oxygens (including phenoxy) is 1. The summed E-state index contributed by atoms with van der Waals surface area (Å²) >= 11 is 0. The normalized spacial score (nSPS) is 14.6. The van der Waals surface area contributed by atoms with E-state index in [2.05, 4.69) is 22.2 Å². The second-order valence-corrected chi connectivity index (χ2v) is 4.59. The number of nitrogens with two attached hydrogens (primary N) is 1. The van der Waals surface area contributed by atoms with E-state index in [4.69, 9.17) is 10.5 Å². The van der Waals surface area contributed by atoms with Crippen LogP contribution in [0.1, 0.15) is 12.7 Å². The van der Waals surface area contributed by atoms with Gasteiger partial charge in [0.1, 0.15) is 5.52 Å². The van der Waals surface area contributed by atoms with Crippen LogP contribution in [-0.2, 0) is 4.74 Å². The van der Waals surface area contributed by atoms with Crippen LogP contribution in [0.15, 0.2) is 49.1 Å². The molecule has 0 amide bonds. The molecular formula is C15H21N5O. The van der Waals surface area contributed by atoms with Crippen LogP contribution in [0.4, 0.5) is 0 Å². The van der Waals surface area contributed by atoms with Gasteiger partial charge in [-0.15, -0.1) is 11.7 Å². The Labute approximate surface area is 124 Å². The van der Waals surface area contributed by atoms with Crippen molar-refractivity contribution in [3.63, 3.8) is 0 Å². The Morgan fingerprint density at radius 1 is 1.43 bits per heavy atom. The fraction of sp³-hybridized carbons (Fsp3) is 0.333. The topological polar surface area (TPSA) is 78.0 Å². The van der Waals surface area contributed by atoms with Crippen molar-refractivity contribution >= 4 is 11.0 Å². The molecule has 0 bridgehead atoms. The summed E-state index contributed by atoms with van der Waals surface area (Å²) in [6.45, 7) is 4.35. The molecule has 6 nitrogen and oxygen atoms in total. The fourth-order valence-corrected chi connectivity index (χ4v) is 1.97. The third-order valence-electron chi connectivity index (χ3n) is 3.19. The van der Waals surface area contributed by atoms with Gasteiger partial charge in [0.15, 0.2) is 6.29 Å². The van der Waals surface area contributed by atoms with E-state index in [0.717, 1.165) is 17.5 Å². The van der Waals surface area contributed by atoms with Crippen molar-refractivity contribution in [2.75, 3.05) is 13.7 Å². The van der Waals surface area contributed by atoms with Gasteiger partial charge in [-0.1, -0.05) is 35.6 Å². The molecule has 1 aromatic carbocycles. The molecule has 2 aromatic rings. The minimum atomic E-state index is -0.417. The number of para-hydroxylation sites is 1. The Hall–Kier alpha value is -2.02. The summed E-state index contributed by atoms with van der Waals surface area (Å²) in [5.41, 5.74) is 7.82. The second kappa shape index (κ2) is 7.68. The maximum absolute atomic E-state index is 6.07. The zero-order valence-electron chi connectivity index (χ0n) is 12.1. The molecule has 3 N–H and O–H groups in total. The Morgan fingerprint density at radius 3 is 3.00 bits per heavy atom. The van der Waals surface area contributed by atoms with Crippen LogP contribution in [0.5, 0.6) is 0 Å². The maximum atomic E-state index is 6.07. The maximum Gasteiger partial charge on any atom is 0.155 e. The van der Waals surface area contributed by atoms with Gasteiger partial charge < -0.3 is 4.74 Å². The van der Waals surface area contributed by atoms with Gasteiger partial charge in [0, 0.05) is 13.7 Å². The molecule has 2 unspecified atom stereocenters. The lowest BCUT2D eigenvalue weighted by atomic mass is 10.2. The van der Waals surface area contributed by atoms with E-state index in [9.17, 15) is 0 Å². The Bertz CT molecular complexity index is 607. The molecule has 0 saturated heterocycles. The number of fused-ring (bicyclic) bond motifs is 1. The largest absolute Gasteiger partial charge is 0.377 e. The first-order valence-corrected chi connectivity index (χ1v) is 6.85. The summed E-state index contributed by atoms with van der Waals surface area (Å²) in [4.78, 5) is 0. The summed E-state index contributed by atoms with van der Waals surface area (Å²) in [5, 5.41) is 11.3. The van der Waals surface area contributed by atoms with E-state index in [1.807, 2.05) is 36.4 Å². The number of aromatic nitrogens is 3. The third-order valence-corrected chi connectivity index (χ3v) is 3.19. The quantitative estimate of drug-likeness (QED) is 0.569. The number of rotatable bonds is 8. The lowest BCUT2D eigenvalue weighted by Gasteiger charge is -2.13. The molecule has 0 spiro atoms. The molecule has 6 heteroatoms. The fourth-order valence-electron chi connectivity index (χ4n) is 1.97. The van der Waals surface area contributed by atoms with Crippen molar-refractivity contribution in [1.29, 1.82) is 0 Å². The van der Waals surface area contributed by atoms with Crippen molar-refractivity contribution in [3.8, 4) is 0 Å². The third kappa shape index (κ3) is 3.98. The first-order chi connectivity index (χ1) is 10.3. The van der Waals surface area contributed by atoms with E-state index in [1.54, 1.807) is 17.9 Å². The summed E-state index contributed by atoms with van der Waals surface area (Å²) in [6.07, 6.45) is 6.26. The molecule has 1 aromatic heterocycles. The lowest BCUT2D eigenvalue weighted by molar-refractivity contribution is 0.144. The van der Waals surface area contributed by atoms with Crippen molar-refractivity contribution in [2.24, 2.45) is 5.73 Å². The predicted octanol–water partition coefficient (Wildman–Crippen LogP) is 1.58. The van der Waals surface area contributed by atoms with Crippen molar-refractivity contribution in [2.45, 2.75) is 18.8 Å². The van der Waals surface area contributed by atoms with Crippen molar-refractivity contribution in [3.05, 3.63) is 49.1 Å². The van der Waals surface area contributed by atoms with Crippen LogP contribution in [0, 0.1) is 0 Å². The van der Waals surface area contributed by atoms with Gasteiger partial charge in [-0.25, -0.2) is 4.68 Å². The summed E-state index contributed by atoms with van der Waals surface area (Å²) < 4.78 is 6.87. The van der Waals surface area contributed by atoms with Gasteiger partial charge in [-0.2, -0.15) is 0 Å². The number of hydrogen-bond acceptors (Lipinski definition) is 5. The van der Waals surface area contributed by atoms with E-state index >= 15 is 0 Å². The van der Waals surface area contributed by atoms with Gasteiger partial charge in [-0.05, 0) is 18.6 Å². The number of nitrogens with one attached hydrogen (secondary N) is 1. The average molecular weight is 287 g/mol. The van der Waals surface area contributed by atoms with Crippen LogP contribution >= 0.6 is 0 Å². The minimum absolute atomic E-state index is 0.0502. The Kier molecular flexibility index (Phi) is 5.62.